The van der Waals surface area contributed by atoms with Crippen molar-refractivity contribution in [3.8, 4) is 11.1 Å². The zero-order valence-corrected chi connectivity index (χ0v) is 12.1. The quantitative estimate of drug-likeness (QED) is 0.667. The summed E-state index contributed by atoms with van der Waals surface area (Å²) in [5.74, 6) is 1.26. The van der Waals surface area contributed by atoms with Gasteiger partial charge in [0.2, 0.25) is 0 Å². The van der Waals surface area contributed by atoms with E-state index in [1.807, 2.05) is 12.4 Å². The van der Waals surface area contributed by atoms with E-state index < -0.39 is 0 Å². The molecule has 20 heavy (non-hydrogen) atoms. The Kier molecular flexibility index (Phi) is 3.23. The summed E-state index contributed by atoms with van der Waals surface area (Å²) < 4.78 is 0. The van der Waals surface area contributed by atoms with Gasteiger partial charge in [0.1, 0.15) is 5.82 Å². The van der Waals surface area contributed by atoms with Crippen LogP contribution in [-0.4, -0.2) is 9.97 Å². The fourth-order valence-electron chi connectivity index (χ4n) is 2.33. The zero-order chi connectivity index (χ0) is 14.1. The number of hydrogen-bond acceptors (Lipinski definition) is 2. The molecule has 0 aliphatic heterocycles. The molecule has 2 aromatic carbocycles. The summed E-state index contributed by atoms with van der Waals surface area (Å²) in [7, 11) is 0. The van der Waals surface area contributed by atoms with Gasteiger partial charge in [-0.3, -0.25) is 0 Å². The molecule has 1 heterocycles. The molecule has 2 nitrogen and oxygen atoms in total. The van der Waals surface area contributed by atoms with Crippen LogP contribution in [-0.2, 0) is 0 Å². The summed E-state index contributed by atoms with van der Waals surface area (Å²) in [6.45, 7) is 6.33. The minimum Gasteiger partial charge on any atom is -0.240 e. The molecule has 0 N–H and O–H groups in total. The molecule has 0 saturated heterocycles. The summed E-state index contributed by atoms with van der Waals surface area (Å²) in [5, 5.41) is 2.52. The average molecular weight is 262 g/mol. The van der Waals surface area contributed by atoms with Gasteiger partial charge in [-0.25, -0.2) is 9.97 Å². The lowest BCUT2D eigenvalue weighted by molar-refractivity contribution is 0.775. The molecule has 0 fully saturated rings. The molecule has 0 aliphatic rings. The van der Waals surface area contributed by atoms with Gasteiger partial charge in [-0.1, -0.05) is 49.7 Å². The van der Waals surface area contributed by atoms with Crippen LogP contribution in [0.25, 0.3) is 21.9 Å². The number of nitrogens with zero attached hydrogens (tertiary/aromatic N) is 2. The molecule has 0 atom stereocenters. The van der Waals surface area contributed by atoms with Crippen LogP contribution < -0.4 is 0 Å². The van der Waals surface area contributed by atoms with Gasteiger partial charge in [0, 0.05) is 23.9 Å². The number of aryl methyl sites for hydroxylation is 1. The smallest absolute Gasteiger partial charge is 0.130 e. The maximum absolute atomic E-state index is 4.44. The van der Waals surface area contributed by atoms with E-state index in [1.54, 1.807) is 0 Å². The van der Waals surface area contributed by atoms with Gasteiger partial charge in [0.25, 0.3) is 0 Å². The second kappa shape index (κ2) is 5.04. The molecule has 1 aromatic heterocycles. The molecule has 0 amide bonds. The molecule has 0 spiro atoms. The molecule has 3 aromatic rings. The van der Waals surface area contributed by atoms with E-state index in [0.29, 0.717) is 5.92 Å². The highest BCUT2D eigenvalue weighted by Gasteiger charge is 2.04. The number of hydrogen-bond donors (Lipinski definition) is 0. The number of fused-ring (bicyclic) bond motifs is 1. The Morgan fingerprint density at radius 1 is 0.800 bits per heavy atom. The van der Waals surface area contributed by atoms with Crippen molar-refractivity contribution in [1.29, 1.82) is 0 Å². The lowest BCUT2D eigenvalue weighted by atomic mass is 10.0. The van der Waals surface area contributed by atoms with E-state index in [-0.39, 0.29) is 0 Å². The van der Waals surface area contributed by atoms with Crippen molar-refractivity contribution in [3.05, 3.63) is 60.2 Å². The Morgan fingerprint density at radius 3 is 2.15 bits per heavy atom. The second-order valence-corrected chi connectivity index (χ2v) is 5.55. The SMILES string of the molecule is Cc1ccc2cc(-c3cnc(C(C)C)nc3)ccc2c1. The van der Waals surface area contributed by atoms with Crippen molar-refractivity contribution in [2.24, 2.45) is 0 Å². The lowest BCUT2D eigenvalue weighted by Crippen LogP contribution is -1.96. The molecule has 2 heteroatoms. The number of rotatable bonds is 2. The van der Waals surface area contributed by atoms with E-state index in [4.69, 9.17) is 0 Å². The van der Waals surface area contributed by atoms with E-state index in [9.17, 15) is 0 Å². The first-order valence-electron chi connectivity index (χ1n) is 6.96. The monoisotopic (exact) mass is 262 g/mol. The first kappa shape index (κ1) is 12.8. The van der Waals surface area contributed by atoms with Crippen molar-refractivity contribution in [3.63, 3.8) is 0 Å². The number of benzene rings is 2. The lowest BCUT2D eigenvalue weighted by Gasteiger charge is -2.07. The molecule has 0 saturated carbocycles. The van der Waals surface area contributed by atoms with E-state index in [2.05, 4.69) is 67.1 Å². The normalized spacial score (nSPS) is 11.2. The topological polar surface area (TPSA) is 25.8 Å². The third kappa shape index (κ3) is 2.42. The van der Waals surface area contributed by atoms with Crippen LogP contribution in [0.3, 0.4) is 0 Å². The first-order valence-corrected chi connectivity index (χ1v) is 6.96. The Bertz CT molecular complexity index is 743. The van der Waals surface area contributed by atoms with E-state index >= 15 is 0 Å². The van der Waals surface area contributed by atoms with Gasteiger partial charge < -0.3 is 0 Å². The first-order chi connectivity index (χ1) is 9.63. The van der Waals surface area contributed by atoms with Gasteiger partial charge in [0.15, 0.2) is 0 Å². The summed E-state index contributed by atoms with van der Waals surface area (Å²) in [5.41, 5.74) is 3.52. The molecule has 0 unspecified atom stereocenters. The highest BCUT2D eigenvalue weighted by atomic mass is 14.9. The van der Waals surface area contributed by atoms with E-state index in [0.717, 1.165) is 17.0 Å². The Labute approximate surface area is 119 Å². The van der Waals surface area contributed by atoms with Crippen molar-refractivity contribution in [1.82, 2.24) is 9.97 Å². The predicted octanol–water partition coefficient (Wildman–Crippen LogP) is 4.73. The molecule has 3 rings (SSSR count). The van der Waals surface area contributed by atoms with Crippen molar-refractivity contribution in [2.45, 2.75) is 26.7 Å². The Hall–Kier alpha value is -2.22. The minimum atomic E-state index is 0.364. The predicted molar refractivity (Wildman–Crippen MR) is 83.8 cm³/mol. The highest BCUT2D eigenvalue weighted by molar-refractivity contribution is 5.87. The third-order valence-electron chi connectivity index (χ3n) is 3.52. The molecular formula is C18H18N2. The Morgan fingerprint density at radius 2 is 1.45 bits per heavy atom. The maximum Gasteiger partial charge on any atom is 0.130 e. The van der Waals surface area contributed by atoms with Gasteiger partial charge in [0.05, 0.1) is 0 Å². The molecule has 0 radical (unpaired) electrons. The summed E-state index contributed by atoms with van der Waals surface area (Å²) in [6, 6.07) is 13.0. The molecular weight excluding hydrogens is 244 g/mol. The van der Waals surface area contributed by atoms with Crippen LogP contribution in [0.1, 0.15) is 31.2 Å². The van der Waals surface area contributed by atoms with Crippen molar-refractivity contribution < 1.29 is 0 Å². The minimum absolute atomic E-state index is 0.364. The largest absolute Gasteiger partial charge is 0.240 e. The highest BCUT2D eigenvalue weighted by Crippen LogP contribution is 2.24. The zero-order valence-electron chi connectivity index (χ0n) is 12.1. The molecule has 0 bridgehead atoms. The van der Waals surface area contributed by atoms with Crippen LogP contribution in [0.5, 0.6) is 0 Å². The van der Waals surface area contributed by atoms with Crippen LogP contribution in [0, 0.1) is 6.92 Å². The maximum atomic E-state index is 4.44. The van der Waals surface area contributed by atoms with Crippen LogP contribution in [0.2, 0.25) is 0 Å². The van der Waals surface area contributed by atoms with Gasteiger partial charge in [-0.15, -0.1) is 0 Å². The summed E-state index contributed by atoms with van der Waals surface area (Å²) >= 11 is 0. The molecule has 100 valence electrons. The van der Waals surface area contributed by atoms with Gasteiger partial charge >= 0.3 is 0 Å². The van der Waals surface area contributed by atoms with Crippen LogP contribution in [0.15, 0.2) is 48.8 Å². The standard InChI is InChI=1S/C18H18N2/c1-12(2)18-19-10-17(11-20-18)16-7-6-14-8-13(3)4-5-15(14)9-16/h4-12H,1-3H3. The third-order valence-corrected chi connectivity index (χ3v) is 3.52. The van der Waals surface area contributed by atoms with Crippen molar-refractivity contribution >= 4 is 10.8 Å². The van der Waals surface area contributed by atoms with E-state index in [1.165, 1.54) is 16.3 Å². The fourth-order valence-corrected chi connectivity index (χ4v) is 2.33. The summed E-state index contributed by atoms with van der Waals surface area (Å²) in [4.78, 5) is 8.88. The number of aromatic nitrogens is 2. The second-order valence-electron chi connectivity index (χ2n) is 5.55. The van der Waals surface area contributed by atoms with Crippen LogP contribution >= 0.6 is 0 Å². The summed E-state index contributed by atoms with van der Waals surface area (Å²) in [6.07, 6.45) is 3.83. The van der Waals surface area contributed by atoms with Crippen molar-refractivity contribution in [2.75, 3.05) is 0 Å². The van der Waals surface area contributed by atoms with Gasteiger partial charge in [-0.2, -0.15) is 0 Å². The van der Waals surface area contributed by atoms with Gasteiger partial charge in [-0.05, 0) is 29.3 Å². The average Bonchev–Trinajstić information content (AvgIpc) is 2.47. The Balaban J connectivity index is 2.03. The fraction of sp³-hybridized carbons (Fsp3) is 0.222. The molecule has 0 aliphatic carbocycles. The van der Waals surface area contributed by atoms with Crippen LogP contribution in [0.4, 0.5) is 0 Å².